The van der Waals surface area contributed by atoms with Gasteiger partial charge in [0.2, 0.25) is 5.76 Å². The van der Waals surface area contributed by atoms with Crippen LogP contribution in [0.4, 0.5) is 5.69 Å². The van der Waals surface area contributed by atoms with Crippen LogP contribution < -0.4 is 5.32 Å². The van der Waals surface area contributed by atoms with E-state index in [0.29, 0.717) is 27.2 Å². The number of hydrogen-bond acceptors (Lipinski definition) is 5. The van der Waals surface area contributed by atoms with Crippen molar-refractivity contribution in [3.05, 3.63) is 63.8 Å². The molecule has 130 valence electrons. The number of amides is 1. The van der Waals surface area contributed by atoms with Crippen LogP contribution in [0.2, 0.25) is 10.0 Å². The van der Waals surface area contributed by atoms with Crippen LogP contribution in [-0.4, -0.2) is 18.5 Å². The Bertz CT molecular complexity index is 1050. The lowest BCUT2D eigenvalue weighted by molar-refractivity contribution is -0.119. The number of benzene rings is 2. The Morgan fingerprint density at radius 1 is 1.15 bits per heavy atom. The first-order valence-electron chi connectivity index (χ1n) is 7.32. The largest absolute Gasteiger partial charge is 0.450 e. The van der Waals surface area contributed by atoms with E-state index in [-0.39, 0.29) is 10.8 Å². The Labute approximate surface area is 157 Å². The van der Waals surface area contributed by atoms with Gasteiger partial charge in [-0.2, -0.15) is 5.26 Å². The summed E-state index contributed by atoms with van der Waals surface area (Å²) in [5.41, 5.74) is 1.16. The average Bonchev–Trinajstić information content (AvgIpc) is 3.03. The predicted molar refractivity (Wildman–Crippen MR) is 96.3 cm³/mol. The number of nitrogens with zero attached hydrogens (tertiary/aromatic N) is 1. The van der Waals surface area contributed by atoms with Gasteiger partial charge in [-0.25, -0.2) is 4.79 Å². The molecule has 26 heavy (non-hydrogen) atoms. The smallest absolute Gasteiger partial charge is 0.374 e. The van der Waals surface area contributed by atoms with Crippen molar-refractivity contribution in [2.24, 2.45) is 0 Å². The third-order valence-corrected chi connectivity index (χ3v) is 3.93. The zero-order valence-corrected chi connectivity index (χ0v) is 14.6. The van der Waals surface area contributed by atoms with Gasteiger partial charge in [0, 0.05) is 16.1 Å². The van der Waals surface area contributed by atoms with Gasteiger partial charge in [-0.3, -0.25) is 4.79 Å². The molecule has 2 aromatic carbocycles. The molecule has 0 saturated carbocycles. The Morgan fingerprint density at radius 2 is 1.96 bits per heavy atom. The van der Waals surface area contributed by atoms with Gasteiger partial charge < -0.3 is 14.5 Å². The molecule has 0 bridgehead atoms. The summed E-state index contributed by atoms with van der Waals surface area (Å²) in [4.78, 5) is 23.9. The average molecular weight is 389 g/mol. The summed E-state index contributed by atoms with van der Waals surface area (Å²) in [6, 6.07) is 12.8. The summed E-state index contributed by atoms with van der Waals surface area (Å²) < 4.78 is 10.3. The van der Waals surface area contributed by atoms with Crippen molar-refractivity contribution in [2.45, 2.75) is 0 Å². The third kappa shape index (κ3) is 3.97. The molecule has 0 atom stereocenters. The molecule has 6 nitrogen and oxygen atoms in total. The van der Waals surface area contributed by atoms with Gasteiger partial charge in [-0.15, -0.1) is 0 Å². The minimum absolute atomic E-state index is 0.0310. The molecule has 3 rings (SSSR count). The van der Waals surface area contributed by atoms with Gasteiger partial charge in [0.15, 0.2) is 6.61 Å². The zero-order valence-electron chi connectivity index (χ0n) is 13.1. The number of nitrogens with one attached hydrogen (secondary N) is 1. The van der Waals surface area contributed by atoms with E-state index in [1.165, 1.54) is 24.3 Å². The van der Waals surface area contributed by atoms with Crippen molar-refractivity contribution in [3.63, 3.8) is 0 Å². The molecule has 3 aromatic rings. The number of halogens is 2. The molecule has 0 aliphatic carbocycles. The molecule has 1 N–H and O–H groups in total. The Hall–Kier alpha value is -3.01. The van der Waals surface area contributed by atoms with E-state index < -0.39 is 18.5 Å². The molecular weight excluding hydrogens is 379 g/mol. The van der Waals surface area contributed by atoms with Crippen molar-refractivity contribution in [3.8, 4) is 6.07 Å². The van der Waals surface area contributed by atoms with Gasteiger partial charge in [0.05, 0.1) is 10.6 Å². The molecule has 1 amide bonds. The fraction of sp³-hybridized carbons (Fsp3) is 0.0556. The molecule has 0 radical (unpaired) electrons. The number of rotatable bonds is 4. The number of furan rings is 1. The molecule has 0 aliphatic rings. The van der Waals surface area contributed by atoms with Crippen LogP contribution in [0.25, 0.3) is 11.0 Å². The van der Waals surface area contributed by atoms with Crippen LogP contribution in [0.1, 0.15) is 16.1 Å². The fourth-order valence-corrected chi connectivity index (χ4v) is 2.60. The summed E-state index contributed by atoms with van der Waals surface area (Å²) in [6.45, 7) is -0.506. The lowest BCUT2D eigenvalue weighted by atomic mass is 10.2. The summed E-state index contributed by atoms with van der Waals surface area (Å²) in [5.74, 6) is -1.36. The van der Waals surface area contributed by atoms with Crippen molar-refractivity contribution >= 4 is 51.7 Å². The molecular formula is C18H10Cl2N2O4. The molecule has 0 aliphatic heterocycles. The van der Waals surface area contributed by atoms with Crippen LogP contribution in [0.15, 0.2) is 46.9 Å². The maximum atomic E-state index is 12.0. The van der Waals surface area contributed by atoms with Crippen LogP contribution in [-0.2, 0) is 9.53 Å². The minimum atomic E-state index is -0.773. The van der Waals surface area contributed by atoms with E-state index >= 15 is 0 Å². The van der Waals surface area contributed by atoms with E-state index in [0.717, 1.165) is 0 Å². The Morgan fingerprint density at radius 3 is 2.69 bits per heavy atom. The molecule has 8 heteroatoms. The molecule has 0 unspecified atom stereocenters. The van der Waals surface area contributed by atoms with E-state index in [4.69, 9.17) is 37.6 Å². The van der Waals surface area contributed by atoms with Crippen molar-refractivity contribution in [1.29, 1.82) is 5.26 Å². The van der Waals surface area contributed by atoms with Crippen molar-refractivity contribution in [1.82, 2.24) is 0 Å². The van der Waals surface area contributed by atoms with Gasteiger partial charge in [0.25, 0.3) is 5.91 Å². The van der Waals surface area contributed by atoms with E-state index in [1.54, 1.807) is 18.2 Å². The summed E-state index contributed by atoms with van der Waals surface area (Å²) in [5, 5.41) is 12.7. The first-order valence-corrected chi connectivity index (χ1v) is 8.07. The number of carbonyl (C=O) groups is 2. The number of esters is 1. The number of nitriles is 1. The van der Waals surface area contributed by atoms with E-state index in [2.05, 4.69) is 5.32 Å². The standard InChI is InChI=1S/C18H10Cl2N2O4/c19-12-2-4-15-11(5-12)6-16(26-15)18(24)25-9-17(23)22-13-3-1-10(8-21)14(20)7-13/h1-7H,9H2,(H,22,23). The second-order valence-electron chi connectivity index (χ2n) is 5.22. The van der Waals surface area contributed by atoms with Gasteiger partial charge in [0.1, 0.15) is 11.7 Å². The van der Waals surface area contributed by atoms with Crippen LogP contribution in [0, 0.1) is 11.3 Å². The second kappa shape index (κ2) is 7.48. The molecule has 0 spiro atoms. The van der Waals surface area contributed by atoms with Gasteiger partial charge in [-0.1, -0.05) is 23.2 Å². The lowest BCUT2D eigenvalue weighted by Gasteiger charge is -2.06. The number of hydrogen-bond donors (Lipinski definition) is 1. The zero-order chi connectivity index (χ0) is 18.7. The first kappa shape index (κ1) is 17.8. The predicted octanol–water partition coefficient (Wildman–Crippen LogP) is 4.41. The normalized spacial score (nSPS) is 10.3. The molecule has 0 fully saturated rings. The molecule has 0 saturated heterocycles. The summed E-state index contributed by atoms with van der Waals surface area (Å²) >= 11 is 11.8. The highest BCUT2D eigenvalue weighted by Gasteiger charge is 2.16. The highest BCUT2D eigenvalue weighted by Crippen LogP contribution is 2.23. The number of ether oxygens (including phenoxy) is 1. The van der Waals surface area contributed by atoms with Crippen LogP contribution in [0.5, 0.6) is 0 Å². The van der Waals surface area contributed by atoms with Crippen LogP contribution >= 0.6 is 23.2 Å². The third-order valence-electron chi connectivity index (χ3n) is 3.39. The van der Waals surface area contributed by atoms with Crippen molar-refractivity contribution < 1.29 is 18.7 Å². The SMILES string of the molecule is N#Cc1ccc(NC(=O)COC(=O)c2cc3cc(Cl)ccc3o2)cc1Cl. The van der Waals surface area contributed by atoms with Gasteiger partial charge in [-0.05, 0) is 42.5 Å². The van der Waals surface area contributed by atoms with E-state index in [9.17, 15) is 9.59 Å². The topological polar surface area (TPSA) is 92.3 Å². The Kier molecular flexibility index (Phi) is 5.12. The van der Waals surface area contributed by atoms with Gasteiger partial charge >= 0.3 is 5.97 Å². The van der Waals surface area contributed by atoms with Crippen LogP contribution in [0.3, 0.4) is 0 Å². The summed E-state index contributed by atoms with van der Waals surface area (Å²) in [7, 11) is 0. The molecule has 1 aromatic heterocycles. The number of anilines is 1. The quantitative estimate of drug-likeness (QED) is 0.668. The highest BCUT2D eigenvalue weighted by atomic mass is 35.5. The van der Waals surface area contributed by atoms with E-state index in [1.807, 2.05) is 6.07 Å². The second-order valence-corrected chi connectivity index (χ2v) is 6.07. The Balaban J connectivity index is 1.60. The maximum absolute atomic E-state index is 12.0. The first-order chi connectivity index (χ1) is 12.5. The number of carbonyl (C=O) groups excluding carboxylic acids is 2. The minimum Gasteiger partial charge on any atom is -0.450 e. The van der Waals surface area contributed by atoms with Crippen molar-refractivity contribution in [2.75, 3.05) is 11.9 Å². The summed E-state index contributed by atoms with van der Waals surface area (Å²) in [6.07, 6.45) is 0. The fourth-order valence-electron chi connectivity index (χ4n) is 2.20. The highest BCUT2D eigenvalue weighted by molar-refractivity contribution is 6.32. The monoisotopic (exact) mass is 388 g/mol. The lowest BCUT2D eigenvalue weighted by Crippen LogP contribution is -2.20. The molecule has 1 heterocycles. The number of fused-ring (bicyclic) bond motifs is 1. The maximum Gasteiger partial charge on any atom is 0.374 e.